The Bertz CT molecular complexity index is 532. The lowest BCUT2D eigenvalue weighted by molar-refractivity contribution is 1.27. The number of nitrogens with two attached hydrogens (primary N) is 1. The van der Waals surface area contributed by atoms with Crippen molar-refractivity contribution in [2.75, 3.05) is 5.73 Å². The third-order valence-corrected chi connectivity index (χ3v) is 3.91. The van der Waals surface area contributed by atoms with Gasteiger partial charge in [-0.05, 0) is 29.8 Å². The van der Waals surface area contributed by atoms with Gasteiger partial charge in [-0.3, -0.25) is 4.98 Å². The SMILES string of the molecule is Nc1ccc(Cl)cc1SCc1ccncc1Cl. The minimum Gasteiger partial charge on any atom is -0.398 e. The van der Waals surface area contributed by atoms with Crippen LogP contribution in [-0.2, 0) is 5.75 Å². The van der Waals surface area contributed by atoms with Crippen molar-refractivity contribution in [1.29, 1.82) is 0 Å². The summed E-state index contributed by atoms with van der Waals surface area (Å²) in [6.07, 6.45) is 3.36. The van der Waals surface area contributed by atoms with E-state index >= 15 is 0 Å². The van der Waals surface area contributed by atoms with Gasteiger partial charge in [0.1, 0.15) is 0 Å². The van der Waals surface area contributed by atoms with Crippen LogP contribution in [0.2, 0.25) is 10.0 Å². The van der Waals surface area contributed by atoms with E-state index in [2.05, 4.69) is 4.98 Å². The highest BCUT2D eigenvalue weighted by Gasteiger charge is 2.04. The van der Waals surface area contributed by atoms with Crippen LogP contribution < -0.4 is 5.73 Å². The van der Waals surface area contributed by atoms with E-state index in [1.54, 1.807) is 36.3 Å². The predicted octanol–water partition coefficient (Wildman–Crippen LogP) is 4.26. The average molecular weight is 285 g/mol. The fourth-order valence-corrected chi connectivity index (χ4v) is 2.82. The van der Waals surface area contributed by atoms with Gasteiger partial charge in [0, 0.05) is 33.8 Å². The number of halogens is 2. The van der Waals surface area contributed by atoms with Crippen molar-refractivity contribution in [3.05, 3.63) is 52.3 Å². The molecule has 0 saturated carbocycles. The van der Waals surface area contributed by atoms with E-state index in [4.69, 9.17) is 28.9 Å². The number of nitrogen functional groups attached to an aromatic ring is 1. The first-order valence-electron chi connectivity index (χ1n) is 4.93. The van der Waals surface area contributed by atoms with Crippen LogP contribution in [-0.4, -0.2) is 4.98 Å². The van der Waals surface area contributed by atoms with Crippen LogP contribution in [0.1, 0.15) is 5.56 Å². The van der Waals surface area contributed by atoms with Crippen molar-refractivity contribution >= 4 is 40.7 Å². The van der Waals surface area contributed by atoms with Crippen LogP contribution >= 0.6 is 35.0 Å². The number of hydrogen-bond donors (Lipinski definition) is 1. The van der Waals surface area contributed by atoms with Gasteiger partial charge in [-0.15, -0.1) is 11.8 Å². The number of pyridine rings is 1. The fraction of sp³-hybridized carbons (Fsp3) is 0.0833. The second-order valence-electron chi connectivity index (χ2n) is 3.44. The molecule has 0 aliphatic heterocycles. The highest BCUT2D eigenvalue weighted by atomic mass is 35.5. The zero-order valence-electron chi connectivity index (χ0n) is 8.86. The van der Waals surface area contributed by atoms with E-state index in [0.29, 0.717) is 10.0 Å². The first kappa shape index (κ1) is 12.6. The van der Waals surface area contributed by atoms with Crippen LogP contribution in [0, 0.1) is 0 Å². The smallest absolute Gasteiger partial charge is 0.0629 e. The number of rotatable bonds is 3. The monoisotopic (exact) mass is 284 g/mol. The number of thioether (sulfide) groups is 1. The molecule has 17 heavy (non-hydrogen) atoms. The van der Waals surface area contributed by atoms with E-state index in [1.807, 2.05) is 12.1 Å². The Kier molecular flexibility index (Phi) is 4.15. The second-order valence-corrected chi connectivity index (χ2v) is 5.30. The van der Waals surface area contributed by atoms with E-state index in [-0.39, 0.29) is 0 Å². The number of aromatic nitrogens is 1. The molecule has 0 spiro atoms. The molecule has 1 aromatic carbocycles. The highest BCUT2D eigenvalue weighted by molar-refractivity contribution is 7.98. The summed E-state index contributed by atoms with van der Waals surface area (Å²) in [5, 5.41) is 1.35. The summed E-state index contributed by atoms with van der Waals surface area (Å²) in [4.78, 5) is 4.91. The molecule has 88 valence electrons. The Hall–Kier alpha value is -0.900. The van der Waals surface area contributed by atoms with Gasteiger partial charge in [-0.2, -0.15) is 0 Å². The lowest BCUT2D eigenvalue weighted by atomic mass is 10.3. The molecule has 0 unspecified atom stereocenters. The van der Waals surface area contributed by atoms with Gasteiger partial charge in [-0.25, -0.2) is 0 Å². The van der Waals surface area contributed by atoms with Crippen molar-refractivity contribution in [1.82, 2.24) is 4.98 Å². The summed E-state index contributed by atoms with van der Waals surface area (Å²) in [6, 6.07) is 7.34. The van der Waals surface area contributed by atoms with Gasteiger partial charge in [0.2, 0.25) is 0 Å². The maximum Gasteiger partial charge on any atom is 0.0629 e. The Morgan fingerprint density at radius 2 is 2.06 bits per heavy atom. The van der Waals surface area contributed by atoms with E-state index in [0.717, 1.165) is 21.9 Å². The van der Waals surface area contributed by atoms with Crippen molar-refractivity contribution in [2.24, 2.45) is 0 Å². The second kappa shape index (κ2) is 5.63. The van der Waals surface area contributed by atoms with Crippen LogP contribution in [0.25, 0.3) is 0 Å². The van der Waals surface area contributed by atoms with Gasteiger partial charge in [-0.1, -0.05) is 23.2 Å². The maximum atomic E-state index is 6.03. The number of nitrogens with zero attached hydrogens (tertiary/aromatic N) is 1. The van der Waals surface area contributed by atoms with Gasteiger partial charge in [0.25, 0.3) is 0 Å². The first-order valence-corrected chi connectivity index (χ1v) is 6.67. The molecule has 2 N–H and O–H groups in total. The predicted molar refractivity (Wildman–Crippen MR) is 74.7 cm³/mol. The summed E-state index contributed by atoms with van der Waals surface area (Å²) >= 11 is 13.6. The molecule has 1 heterocycles. The Morgan fingerprint density at radius 3 is 2.82 bits per heavy atom. The van der Waals surface area contributed by atoms with E-state index in [9.17, 15) is 0 Å². The zero-order valence-corrected chi connectivity index (χ0v) is 11.2. The van der Waals surface area contributed by atoms with Gasteiger partial charge in [0.05, 0.1) is 5.02 Å². The zero-order chi connectivity index (χ0) is 12.3. The van der Waals surface area contributed by atoms with Crippen molar-refractivity contribution in [3.8, 4) is 0 Å². The molecule has 0 atom stereocenters. The van der Waals surface area contributed by atoms with Crippen molar-refractivity contribution < 1.29 is 0 Å². The first-order chi connectivity index (χ1) is 8.16. The molecule has 1 aromatic heterocycles. The van der Waals surface area contributed by atoms with Crippen LogP contribution in [0.3, 0.4) is 0 Å². The Morgan fingerprint density at radius 1 is 1.24 bits per heavy atom. The third kappa shape index (κ3) is 3.28. The van der Waals surface area contributed by atoms with Crippen LogP contribution in [0.4, 0.5) is 5.69 Å². The van der Waals surface area contributed by atoms with Gasteiger partial charge < -0.3 is 5.73 Å². The van der Waals surface area contributed by atoms with E-state index in [1.165, 1.54) is 0 Å². The third-order valence-electron chi connectivity index (χ3n) is 2.22. The molecule has 0 fully saturated rings. The number of anilines is 1. The van der Waals surface area contributed by atoms with Crippen LogP contribution in [0.5, 0.6) is 0 Å². The standard InChI is InChI=1S/C12H10Cl2N2S/c13-9-1-2-11(15)12(5-9)17-7-8-3-4-16-6-10(8)14/h1-6H,7,15H2. The van der Waals surface area contributed by atoms with Crippen molar-refractivity contribution in [3.63, 3.8) is 0 Å². The summed E-state index contributed by atoms with van der Waals surface area (Å²) in [7, 11) is 0. The average Bonchev–Trinajstić information content (AvgIpc) is 2.32. The quantitative estimate of drug-likeness (QED) is 0.676. The fourth-order valence-electron chi connectivity index (χ4n) is 1.31. The van der Waals surface area contributed by atoms with Gasteiger partial charge in [0.15, 0.2) is 0 Å². The topological polar surface area (TPSA) is 38.9 Å². The summed E-state index contributed by atoms with van der Waals surface area (Å²) in [5.41, 5.74) is 7.63. The Balaban J connectivity index is 2.12. The summed E-state index contributed by atoms with van der Waals surface area (Å²) < 4.78 is 0. The lowest BCUT2D eigenvalue weighted by Gasteiger charge is -2.06. The molecule has 0 bridgehead atoms. The van der Waals surface area contributed by atoms with Gasteiger partial charge >= 0.3 is 0 Å². The Labute approximate surface area is 114 Å². The minimum atomic E-state index is 0.667. The maximum absolute atomic E-state index is 6.03. The molecule has 0 saturated heterocycles. The molecule has 0 radical (unpaired) electrons. The van der Waals surface area contributed by atoms with Crippen LogP contribution in [0.15, 0.2) is 41.6 Å². The van der Waals surface area contributed by atoms with E-state index < -0.39 is 0 Å². The summed E-state index contributed by atoms with van der Waals surface area (Å²) in [5.74, 6) is 0.742. The lowest BCUT2D eigenvalue weighted by Crippen LogP contribution is -1.89. The number of benzene rings is 1. The molecule has 2 nitrogen and oxygen atoms in total. The van der Waals surface area contributed by atoms with Crippen molar-refractivity contribution in [2.45, 2.75) is 10.6 Å². The number of hydrogen-bond acceptors (Lipinski definition) is 3. The molecule has 5 heteroatoms. The minimum absolute atomic E-state index is 0.667. The molecule has 0 aliphatic carbocycles. The molecule has 0 aliphatic rings. The largest absolute Gasteiger partial charge is 0.398 e. The molecule has 2 rings (SSSR count). The molecular formula is C12H10Cl2N2S. The highest BCUT2D eigenvalue weighted by Crippen LogP contribution is 2.31. The summed E-state index contributed by atoms with van der Waals surface area (Å²) in [6.45, 7) is 0. The molecular weight excluding hydrogens is 275 g/mol. The molecule has 2 aromatic rings. The molecule has 0 amide bonds. The normalized spacial score (nSPS) is 10.5.